The van der Waals surface area contributed by atoms with E-state index in [0.29, 0.717) is 0 Å². The van der Waals surface area contributed by atoms with Crippen molar-refractivity contribution in [1.82, 2.24) is 0 Å². The topological polar surface area (TPSA) is 20.2 Å². The molecule has 0 aliphatic heterocycles. The van der Waals surface area contributed by atoms with Crippen LogP contribution in [0, 0.1) is 0 Å². The summed E-state index contributed by atoms with van der Waals surface area (Å²) >= 11 is 0. The molecule has 0 aliphatic rings. The van der Waals surface area contributed by atoms with Crippen LogP contribution in [-0.4, -0.2) is 11.7 Å². The lowest BCUT2D eigenvalue weighted by Crippen LogP contribution is -1.91. The zero-order valence-electron chi connectivity index (χ0n) is 8.25. The molecule has 0 amide bonds. The number of benzene rings is 1. The van der Waals surface area contributed by atoms with Crippen LogP contribution in [-0.2, 0) is 6.42 Å². The smallest absolute Gasteiger partial charge is 0.0471 e. The Morgan fingerprint density at radius 3 is 2.85 bits per heavy atom. The van der Waals surface area contributed by atoms with Crippen molar-refractivity contribution in [3.8, 4) is 0 Å². The number of aliphatic hydroxyl groups is 1. The molecule has 1 aromatic carbocycles. The van der Waals surface area contributed by atoms with E-state index < -0.39 is 0 Å². The summed E-state index contributed by atoms with van der Waals surface area (Å²) < 4.78 is 0. The van der Waals surface area contributed by atoms with E-state index in [0.717, 1.165) is 6.42 Å². The van der Waals surface area contributed by atoms with Gasteiger partial charge < -0.3 is 5.11 Å². The van der Waals surface area contributed by atoms with E-state index in [4.69, 9.17) is 5.11 Å². The largest absolute Gasteiger partial charge is 0.396 e. The average molecular weight is 176 g/mol. The van der Waals surface area contributed by atoms with Gasteiger partial charge in [-0.1, -0.05) is 30.3 Å². The summed E-state index contributed by atoms with van der Waals surface area (Å²) in [6, 6.07) is 8.30. The zero-order valence-corrected chi connectivity index (χ0v) is 8.25. The first-order valence-corrected chi connectivity index (χ1v) is 4.61. The van der Waals surface area contributed by atoms with Crippen molar-refractivity contribution in [3.63, 3.8) is 0 Å². The quantitative estimate of drug-likeness (QED) is 0.750. The van der Waals surface area contributed by atoms with Gasteiger partial charge >= 0.3 is 0 Å². The highest BCUT2D eigenvalue weighted by molar-refractivity contribution is 5.63. The van der Waals surface area contributed by atoms with Crippen LogP contribution in [0.15, 0.2) is 30.3 Å². The molecule has 0 atom stereocenters. The predicted octanol–water partition coefficient (Wildman–Crippen LogP) is 2.64. The maximum atomic E-state index is 8.79. The summed E-state index contributed by atoms with van der Waals surface area (Å²) in [5.41, 5.74) is 3.72. The summed E-state index contributed by atoms with van der Waals surface area (Å²) in [7, 11) is 0. The number of hydrogen-bond acceptors (Lipinski definition) is 1. The van der Waals surface area contributed by atoms with Gasteiger partial charge in [0.05, 0.1) is 0 Å². The van der Waals surface area contributed by atoms with Crippen LogP contribution in [0.1, 0.15) is 25.0 Å². The fourth-order valence-corrected chi connectivity index (χ4v) is 1.27. The molecule has 0 heterocycles. The minimum atomic E-state index is 0.221. The van der Waals surface area contributed by atoms with Gasteiger partial charge in [0.25, 0.3) is 0 Å². The summed E-state index contributed by atoms with van der Waals surface area (Å²) in [5.74, 6) is 0. The van der Waals surface area contributed by atoms with Crippen LogP contribution in [0.2, 0.25) is 0 Å². The van der Waals surface area contributed by atoms with Crippen molar-refractivity contribution in [1.29, 1.82) is 0 Å². The third kappa shape index (κ3) is 2.71. The Kier molecular flexibility index (Phi) is 3.71. The van der Waals surface area contributed by atoms with Crippen LogP contribution in [0.4, 0.5) is 0 Å². The number of aliphatic hydroxyl groups excluding tert-OH is 1. The van der Waals surface area contributed by atoms with Crippen molar-refractivity contribution in [2.24, 2.45) is 0 Å². The molecule has 1 nitrogen and oxygen atoms in total. The summed E-state index contributed by atoms with van der Waals surface area (Å²) in [5, 5.41) is 8.79. The first-order chi connectivity index (χ1) is 6.27. The Bertz CT molecular complexity index is 300. The molecule has 0 saturated heterocycles. The van der Waals surface area contributed by atoms with Crippen LogP contribution in [0.5, 0.6) is 0 Å². The second kappa shape index (κ2) is 4.83. The van der Waals surface area contributed by atoms with Gasteiger partial charge in [0, 0.05) is 6.61 Å². The van der Waals surface area contributed by atoms with Crippen molar-refractivity contribution in [2.45, 2.75) is 20.3 Å². The maximum Gasteiger partial charge on any atom is 0.0471 e. The van der Waals surface area contributed by atoms with Crippen molar-refractivity contribution >= 4 is 5.57 Å². The van der Waals surface area contributed by atoms with Crippen molar-refractivity contribution < 1.29 is 5.11 Å². The first-order valence-electron chi connectivity index (χ1n) is 4.61. The van der Waals surface area contributed by atoms with Crippen LogP contribution >= 0.6 is 0 Å². The number of rotatable bonds is 3. The molecular formula is C12H16O. The molecule has 70 valence electrons. The third-order valence-corrected chi connectivity index (χ3v) is 2.22. The molecule has 0 bridgehead atoms. The van der Waals surface area contributed by atoms with Gasteiger partial charge in [-0.3, -0.25) is 0 Å². The molecule has 1 heteroatoms. The number of hydrogen-bond donors (Lipinski definition) is 1. The minimum Gasteiger partial charge on any atom is -0.396 e. The monoisotopic (exact) mass is 176 g/mol. The number of allylic oxidation sites excluding steroid dienone is 2. The lowest BCUT2D eigenvalue weighted by molar-refractivity contribution is 0.299. The lowest BCUT2D eigenvalue weighted by atomic mass is 10.0. The molecule has 1 rings (SSSR count). The fourth-order valence-electron chi connectivity index (χ4n) is 1.27. The van der Waals surface area contributed by atoms with Gasteiger partial charge in [0.15, 0.2) is 0 Å². The second-order valence-electron chi connectivity index (χ2n) is 3.15. The van der Waals surface area contributed by atoms with Crippen molar-refractivity contribution in [3.05, 3.63) is 41.5 Å². The molecule has 1 aromatic rings. The molecule has 0 aliphatic carbocycles. The van der Waals surface area contributed by atoms with E-state index in [1.807, 2.05) is 19.1 Å². The van der Waals surface area contributed by atoms with Crippen LogP contribution < -0.4 is 0 Å². The van der Waals surface area contributed by atoms with Gasteiger partial charge in [0.2, 0.25) is 0 Å². The molecule has 0 spiro atoms. The van der Waals surface area contributed by atoms with E-state index in [1.165, 1.54) is 16.7 Å². The van der Waals surface area contributed by atoms with Crippen molar-refractivity contribution in [2.75, 3.05) is 6.61 Å². The highest BCUT2D eigenvalue weighted by Gasteiger charge is 1.96. The van der Waals surface area contributed by atoms with E-state index in [-0.39, 0.29) is 6.61 Å². The Hall–Kier alpha value is -1.08. The lowest BCUT2D eigenvalue weighted by Gasteiger charge is -2.03. The molecule has 1 N–H and O–H groups in total. The average Bonchev–Trinajstić information content (AvgIpc) is 2.18. The molecule has 0 fully saturated rings. The Morgan fingerprint density at radius 2 is 2.23 bits per heavy atom. The van der Waals surface area contributed by atoms with Crippen LogP contribution in [0.3, 0.4) is 0 Å². The molecule has 13 heavy (non-hydrogen) atoms. The van der Waals surface area contributed by atoms with Gasteiger partial charge in [0.1, 0.15) is 0 Å². The molecule has 0 unspecified atom stereocenters. The third-order valence-electron chi connectivity index (χ3n) is 2.22. The second-order valence-corrected chi connectivity index (χ2v) is 3.15. The summed E-state index contributed by atoms with van der Waals surface area (Å²) in [6.07, 6.45) is 2.84. The SMILES string of the molecule is CC=C(C)c1cccc(CCO)c1. The summed E-state index contributed by atoms with van der Waals surface area (Å²) in [6.45, 7) is 4.35. The normalized spacial score (nSPS) is 11.8. The van der Waals surface area contributed by atoms with Crippen LogP contribution in [0.25, 0.3) is 5.57 Å². The Balaban J connectivity index is 2.91. The molecular weight excluding hydrogens is 160 g/mol. The molecule has 0 radical (unpaired) electrons. The Morgan fingerprint density at radius 1 is 1.46 bits per heavy atom. The van der Waals surface area contributed by atoms with Gasteiger partial charge in [-0.25, -0.2) is 0 Å². The first kappa shape index (κ1) is 10.0. The minimum absolute atomic E-state index is 0.221. The summed E-state index contributed by atoms with van der Waals surface area (Å²) in [4.78, 5) is 0. The van der Waals surface area contributed by atoms with Gasteiger partial charge in [-0.2, -0.15) is 0 Å². The fraction of sp³-hybridized carbons (Fsp3) is 0.333. The molecule has 0 saturated carbocycles. The van der Waals surface area contributed by atoms with E-state index in [9.17, 15) is 0 Å². The highest BCUT2D eigenvalue weighted by Crippen LogP contribution is 2.15. The maximum absolute atomic E-state index is 8.79. The van der Waals surface area contributed by atoms with E-state index in [2.05, 4.69) is 25.1 Å². The van der Waals surface area contributed by atoms with Gasteiger partial charge in [-0.05, 0) is 37.0 Å². The zero-order chi connectivity index (χ0) is 9.68. The standard InChI is InChI=1S/C12H16O/c1-3-10(2)12-6-4-5-11(9-12)7-8-13/h3-6,9,13H,7-8H2,1-2H3. The van der Waals surface area contributed by atoms with E-state index >= 15 is 0 Å². The predicted molar refractivity (Wildman–Crippen MR) is 56.6 cm³/mol. The Labute approximate surface area is 79.7 Å². The van der Waals surface area contributed by atoms with E-state index in [1.54, 1.807) is 0 Å². The van der Waals surface area contributed by atoms with Gasteiger partial charge in [-0.15, -0.1) is 0 Å². The molecule has 0 aromatic heterocycles. The highest BCUT2D eigenvalue weighted by atomic mass is 16.2.